The summed E-state index contributed by atoms with van der Waals surface area (Å²) >= 11 is 0. The van der Waals surface area contributed by atoms with Crippen molar-refractivity contribution in [2.45, 2.75) is 26.9 Å². The molecule has 0 spiro atoms. The van der Waals surface area contributed by atoms with Crippen LogP contribution in [-0.2, 0) is 9.59 Å². The first-order chi connectivity index (χ1) is 14.3. The Morgan fingerprint density at radius 3 is 2.50 bits per heavy atom. The lowest BCUT2D eigenvalue weighted by molar-refractivity contribution is -0.386. The number of hydrogen-bond donors (Lipinski definition) is 1. The van der Waals surface area contributed by atoms with E-state index >= 15 is 0 Å². The van der Waals surface area contributed by atoms with Crippen molar-refractivity contribution in [3.8, 4) is 11.5 Å². The highest BCUT2D eigenvalue weighted by atomic mass is 16.6. The second-order valence-electron chi connectivity index (χ2n) is 6.70. The Morgan fingerprint density at radius 1 is 1.20 bits per heavy atom. The molecule has 0 aromatic heterocycles. The summed E-state index contributed by atoms with van der Waals surface area (Å²) in [6, 6.07) is 11.4. The van der Waals surface area contributed by atoms with Crippen LogP contribution in [0.25, 0.3) is 6.08 Å². The van der Waals surface area contributed by atoms with Gasteiger partial charge in [-0.1, -0.05) is 18.2 Å². The van der Waals surface area contributed by atoms with Crippen LogP contribution < -0.4 is 19.9 Å². The molecule has 0 bridgehead atoms. The normalized spacial score (nSPS) is 14.9. The van der Waals surface area contributed by atoms with E-state index in [0.717, 1.165) is 5.01 Å². The Balaban J connectivity index is 2.05. The van der Waals surface area contributed by atoms with Gasteiger partial charge < -0.3 is 9.47 Å². The molecule has 9 heteroatoms. The Hall–Kier alpha value is -3.88. The van der Waals surface area contributed by atoms with Gasteiger partial charge in [-0.3, -0.25) is 25.1 Å². The fourth-order valence-corrected chi connectivity index (χ4v) is 2.93. The minimum absolute atomic E-state index is 0.00659. The molecule has 2 amide bonds. The van der Waals surface area contributed by atoms with Crippen LogP contribution in [0.1, 0.15) is 26.3 Å². The van der Waals surface area contributed by atoms with Gasteiger partial charge >= 0.3 is 5.69 Å². The van der Waals surface area contributed by atoms with Crippen molar-refractivity contribution in [1.82, 2.24) is 5.43 Å². The van der Waals surface area contributed by atoms with Crippen LogP contribution in [0.15, 0.2) is 48.0 Å². The molecule has 0 atom stereocenters. The lowest BCUT2D eigenvalue weighted by Gasteiger charge is -2.15. The van der Waals surface area contributed by atoms with Crippen LogP contribution in [0.4, 0.5) is 11.4 Å². The number of ether oxygens (including phenoxy) is 2. The van der Waals surface area contributed by atoms with Gasteiger partial charge in [0.25, 0.3) is 11.8 Å². The number of benzene rings is 2. The van der Waals surface area contributed by atoms with Gasteiger partial charge in [-0.15, -0.1) is 0 Å². The maximum absolute atomic E-state index is 12.7. The SMILES string of the molecule is CCOc1cc(/C=C2/C(=O)NN(c3ccccc3)C2=O)cc([N+](=O)[O-])c1OC(C)C. The van der Waals surface area contributed by atoms with Gasteiger partial charge in [0.2, 0.25) is 5.75 Å². The molecule has 0 aliphatic carbocycles. The van der Waals surface area contributed by atoms with Crippen LogP contribution in [-0.4, -0.2) is 29.4 Å². The summed E-state index contributed by atoms with van der Waals surface area (Å²) in [5.74, 6) is -0.994. The van der Waals surface area contributed by atoms with Crippen LogP contribution >= 0.6 is 0 Å². The van der Waals surface area contributed by atoms with Crippen LogP contribution in [0, 0.1) is 10.1 Å². The molecule has 156 valence electrons. The Bertz CT molecular complexity index is 1020. The number of nitrogens with one attached hydrogen (secondary N) is 1. The van der Waals surface area contributed by atoms with E-state index in [-0.39, 0.29) is 41.0 Å². The van der Waals surface area contributed by atoms with Gasteiger partial charge in [0.05, 0.1) is 23.3 Å². The third-order valence-electron chi connectivity index (χ3n) is 4.12. The Morgan fingerprint density at radius 2 is 1.90 bits per heavy atom. The van der Waals surface area contributed by atoms with Crippen molar-refractivity contribution in [2.75, 3.05) is 11.6 Å². The average Bonchev–Trinajstić information content (AvgIpc) is 2.98. The molecule has 1 aliphatic rings. The highest BCUT2D eigenvalue weighted by molar-refractivity contribution is 6.31. The van der Waals surface area contributed by atoms with Gasteiger partial charge in [0, 0.05) is 6.07 Å². The van der Waals surface area contributed by atoms with Gasteiger partial charge in [0.1, 0.15) is 5.57 Å². The summed E-state index contributed by atoms with van der Waals surface area (Å²) in [7, 11) is 0. The number of nitrogens with zero attached hydrogens (tertiary/aromatic N) is 2. The number of carbonyl (C=O) groups excluding carboxylic acids is 2. The van der Waals surface area contributed by atoms with Crippen molar-refractivity contribution in [1.29, 1.82) is 0 Å². The van der Waals surface area contributed by atoms with Gasteiger partial charge in [-0.25, -0.2) is 5.01 Å². The minimum atomic E-state index is -0.605. The third kappa shape index (κ3) is 4.24. The molecule has 30 heavy (non-hydrogen) atoms. The number of amides is 2. The molecule has 0 radical (unpaired) electrons. The molecule has 0 saturated carbocycles. The second kappa shape index (κ2) is 8.64. The monoisotopic (exact) mass is 411 g/mol. The molecule has 3 rings (SSSR count). The lowest BCUT2D eigenvalue weighted by atomic mass is 10.1. The Labute approximate surface area is 173 Å². The maximum Gasteiger partial charge on any atom is 0.315 e. The van der Waals surface area contributed by atoms with Gasteiger partial charge in [0.15, 0.2) is 5.75 Å². The van der Waals surface area contributed by atoms with Crippen LogP contribution in [0.2, 0.25) is 0 Å². The van der Waals surface area contributed by atoms with Gasteiger partial charge in [-0.05, 0) is 50.6 Å². The number of anilines is 1. The first kappa shape index (κ1) is 20.8. The molecule has 2 aromatic rings. The minimum Gasteiger partial charge on any atom is -0.490 e. The molecule has 1 N–H and O–H groups in total. The van der Waals surface area contributed by atoms with Crippen molar-refractivity contribution in [3.05, 3.63) is 63.7 Å². The van der Waals surface area contributed by atoms with E-state index in [9.17, 15) is 19.7 Å². The van der Waals surface area contributed by atoms with E-state index in [1.807, 2.05) is 0 Å². The van der Waals surface area contributed by atoms with E-state index in [0.29, 0.717) is 5.69 Å². The highest BCUT2D eigenvalue weighted by Crippen LogP contribution is 2.40. The standard InChI is InChI=1S/C21H21N3O6/c1-4-29-18-12-14(11-17(24(27)28)19(18)30-13(2)3)10-16-20(25)22-23(21(16)26)15-8-6-5-7-9-15/h5-13H,4H2,1-3H3,(H,22,25)/b16-10-. The summed E-state index contributed by atoms with van der Waals surface area (Å²) < 4.78 is 11.1. The number of nitro benzene ring substituents is 1. The molecule has 1 fully saturated rings. The first-order valence-electron chi connectivity index (χ1n) is 9.35. The molecular weight excluding hydrogens is 390 g/mol. The first-order valence-corrected chi connectivity index (χ1v) is 9.35. The van der Waals surface area contributed by atoms with E-state index in [1.54, 1.807) is 51.1 Å². The van der Waals surface area contributed by atoms with Crippen molar-refractivity contribution >= 4 is 29.3 Å². The highest BCUT2D eigenvalue weighted by Gasteiger charge is 2.34. The molecule has 1 heterocycles. The molecule has 0 unspecified atom stereocenters. The quantitative estimate of drug-likeness (QED) is 0.324. The smallest absolute Gasteiger partial charge is 0.315 e. The molecule has 1 saturated heterocycles. The van der Waals surface area contributed by atoms with Gasteiger partial charge in [-0.2, -0.15) is 0 Å². The fraction of sp³-hybridized carbons (Fsp3) is 0.238. The second-order valence-corrected chi connectivity index (χ2v) is 6.70. The summed E-state index contributed by atoms with van der Waals surface area (Å²) in [5.41, 5.74) is 2.81. The van der Waals surface area contributed by atoms with E-state index in [2.05, 4.69) is 5.43 Å². The molecule has 1 aliphatic heterocycles. The topological polar surface area (TPSA) is 111 Å². The zero-order valence-electron chi connectivity index (χ0n) is 16.7. The zero-order chi connectivity index (χ0) is 21.8. The number of para-hydroxylation sites is 1. The summed E-state index contributed by atoms with van der Waals surface area (Å²) in [6.45, 7) is 5.48. The number of carbonyl (C=O) groups is 2. The van der Waals surface area contributed by atoms with E-state index in [1.165, 1.54) is 18.2 Å². The average molecular weight is 411 g/mol. The number of hydrogen-bond acceptors (Lipinski definition) is 6. The maximum atomic E-state index is 12.7. The van der Waals surface area contributed by atoms with E-state index < -0.39 is 16.7 Å². The largest absolute Gasteiger partial charge is 0.490 e. The molecular formula is C21H21N3O6. The predicted molar refractivity (Wildman–Crippen MR) is 110 cm³/mol. The number of hydrazine groups is 1. The summed E-state index contributed by atoms with van der Waals surface area (Å²) in [4.78, 5) is 36.2. The summed E-state index contributed by atoms with van der Waals surface area (Å²) in [6.07, 6.45) is 0.990. The van der Waals surface area contributed by atoms with Crippen molar-refractivity contribution in [2.24, 2.45) is 0 Å². The number of rotatable bonds is 7. The predicted octanol–water partition coefficient (Wildman–Crippen LogP) is 3.24. The lowest BCUT2D eigenvalue weighted by Crippen LogP contribution is -2.35. The molecule has 9 nitrogen and oxygen atoms in total. The van der Waals surface area contributed by atoms with Crippen LogP contribution in [0.5, 0.6) is 11.5 Å². The van der Waals surface area contributed by atoms with Crippen molar-refractivity contribution in [3.63, 3.8) is 0 Å². The van der Waals surface area contributed by atoms with Crippen LogP contribution in [0.3, 0.4) is 0 Å². The Kier molecular flexibility index (Phi) is 6.01. The summed E-state index contributed by atoms with van der Waals surface area (Å²) in [5, 5.41) is 12.7. The third-order valence-corrected chi connectivity index (χ3v) is 4.12. The molecule has 2 aromatic carbocycles. The fourth-order valence-electron chi connectivity index (χ4n) is 2.93. The number of nitro groups is 1. The zero-order valence-corrected chi connectivity index (χ0v) is 16.7. The van der Waals surface area contributed by atoms with Crippen molar-refractivity contribution < 1.29 is 24.0 Å². The van der Waals surface area contributed by atoms with E-state index in [4.69, 9.17) is 9.47 Å².